The number of rotatable bonds is 5. The first kappa shape index (κ1) is 31.5. The van der Waals surface area contributed by atoms with Crippen LogP contribution in [-0.2, 0) is 0 Å². The maximum atomic E-state index is 6.39. The summed E-state index contributed by atoms with van der Waals surface area (Å²) in [6.45, 7) is 0. The highest BCUT2D eigenvalue weighted by molar-refractivity contribution is 6.17. The van der Waals surface area contributed by atoms with Crippen molar-refractivity contribution in [2.45, 2.75) is 0 Å². The molecule has 6 nitrogen and oxygen atoms in total. The molecule has 12 rings (SSSR count). The molecule has 57 heavy (non-hydrogen) atoms. The highest BCUT2D eigenvalue weighted by Gasteiger charge is 2.22. The van der Waals surface area contributed by atoms with E-state index in [1.807, 2.05) is 72.8 Å². The van der Waals surface area contributed by atoms with Gasteiger partial charge in [-0.3, -0.25) is 0 Å². The molecule has 0 fully saturated rings. The largest absolute Gasteiger partial charge is 0.456 e. The Hall–Kier alpha value is -7.83. The van der Waals surface area contributed by atoms with Crippen molar-refractivity contribution >= 4 is 65.6 Å². The van der Waals surface area contributed by atoms with Crippen molar-refractivity contribution in [3.05, 3.63) is 188 Å². The second kappa shape index (κ2) is 12.3. The molecule has 0 amide bonds. The number of benzene rings is 8. The van der Waals surface area contributed by atoms with Gasteiger partial charge in [0.2, 0.25) is 0 Å². The van der Waals surface area contributed by atoms with Gasteiger partial charge in [0.05, 0.1) is 27.8 Å². The third-order valence-corrected chi connectivity index (χ3v) is 11.2. The molecule has 4 aromatic heterocycles. The number of hydrogen-bond acceptors (Lipinski definition) is 4. The molecule has 0 saturated carbocycles. The number of furan rings is 1. The van der Waals surface area contributed by atoms with Gasteiger partial charge in [0, 0.05) is 54.7 Å². The van der Waals surface area contributed by atoms with Gasteiger partial charge < -0.3 is 13.6 Å². The third kappa shape index (κ3) is 4.87. The number of nitrogens with zero attached hydrogens (tertiary/aromatic N) is 5. The van der Waals surface area contributed by atoms with Crippen molar-refractivity contribution in [1.82, 2.24) is 24.1 Å². The Balaban J connectivity index is 1.19. The van der Waals surface area contributed by atoms with Crippen molar-refractivity contribution in [1.29, 1.82) is 0 Å². The quantitative estimate of drug-likeness (QED) is 0.177. The summed E-state index contributed by atoms with van der Waals surface area (Å²) in [5.74, 6) is 1.84. The Morgan fingerprint density at radius 3 is 1.47 bits per heavy atom. The molecule has 0 aliphatic heterocycles. The van der Waals surface area contributed by atoms with E-state index >= 15 is 0 Å². The van der Waals surface area contributed by atoms with Crippen LogP contribution in [0, 0.1) is 0 Å². The molecule has 8 aromatic carbocycles. The summed E-state index contributed by atoms with van der Waals surface area (Å²) in [5, 5.41) is 6.86. The Morgan fingerprint density at radius 1 is 0.333 bits per heavy atom. The molecule has 0 spiro atoms. The van der Waals surface area contributed by atoms with Gasteiger partial charge in [-0.1, -0.05) is 133 Å². The average molecular weight is 730 g/mol. The van der Waals surface area contributed by atoms with E-state index in [-0.39, 0.29) is 0 Å². The van der Waals surface area contributed by atoms with Crippen LogP contribution >= 0.6 is 0 Å². The maximum Gasteiger partial charge on any atom is 0.166 e. The van der Waals surface area contributed by atoms with E-state index in [4.69, 9.17) is 19.4 Å². The molecule has 4 heterocycles. The summed E-state index contributed by atoms with van der Waals surface area (Å²) in [6, 6.07) is 65.6. The molecule has 12 aromatic rings. The average Bonchev–Trinajstić information content (AvgIpc) is 3.93. The van der Waals surface area contributed by atoms with Gasteiger partial charge in [-0.05, 0) is 54.6 Å². The van der Waals surface area contributed by atoms with Gasteiger partial charge >= 0.3 is 0 Å². The second-order valence-electron chi connectivity index (χ2n) is 14.4. The minimum atomic E-state index is 0.597. The standard InChI is InChI=1S/C51H31N5O/c1-3-15-32(16-4-1)49-52-50(33-17-5-2-6-18-33)54-51(53-49)39-28-27-34(29-45(39)56-43-24-12-7-19-35(43)36-20-8-13-25-44(36)56)55-42-23-11-9-21-37(42)40-31-48-41(30-46(40)55)38-22-10-14-26-47(38)57-48/h1-31H. The zero-order chi connectivity index (χ0) is 37.5. The van der Waals surface area contributed by atoms with Crippen LogP contribution in [0.2, 0.25) is 0 Å². The van der Waals surface area contributed by atoms with E-state index < -0.39 is 0 Å². The van der Waals surface area contributed by atoms with Crippen molar-refractivity contribution in [3.8, 4) is 45.5 Å². The second-order valence-corrected chi connectivity index (χ2v) is 14.4. The lowest BCUT2D eigenvalue weighted by Crippen LogP contribution is -2.05. The van der Waals surface area contributed by atoms with Gasteiger partial charge in [0.15, 0.2) is 17.5 Å². The lowest BCUT2D eigenvalue weighted by molar-refractivity contribution is 0.669. The van der Waals surface area contributed by atoms with Crippen molar-refractivity contribution in [2.24, 2.45) is 0 Å². The van der Waals surface area contributed by atoms with E-state index in [0.29, 0.717) is 17.5 Å². The summed E-state index contributed by atoms with van der Waals surface area (Å²) in [4.78, 5) is 15.5. The number of fused-ring (bicyclic) bond motifs is 9. The predicted octanol–water partition coefficient (Wildman–Crippen LogP) is 13.0. The predicted molar refractivity (Wildman–Crippen MR) is 232 cm³/mol. The first-order valence-electron chi connectivity index (χ1n) is 19.1. The normalized spacial score (nSPS) is 11.9. The monoisotopic (exact) mass is 729 g/mol. The minimum Gasteiger partial charge on any atom is -0.456 e. The fraction of sp³-hybridized carbons (Fsp3) is 0. The Labute approximate surface area is 326 Å². The fourth-order valence-electron chi connectivity index (χ4n) is 8.61. The summed E-state index contributed by atoms with van der Waals surface area (Å²) in [7, 11) is 0. The van der Waals surface area contributed by atoms with E-state index in [2.05, 4.69) is 124 Å². The molecule has 266 valence electrons. The molecule has 0 unspecified atom stereocenters. The summed E-state index contributed by atoms with van der Waals surface area (Å²) < 4.78 is 11.1. The van der Waals surface area contributed by atoms with E-state index in [1.54, 1.807) is 0 Å². The van der Waals surface area contributed by atoms with Gasteiger partial charge in [-0.15, -0.1) is 0 Å². The highest BCUT2D eigenvalue weighted by Crippen LogP contribution is 2.41. The van der Waals surface area contributed by atoms with Crippen molar-refractivity contribution < 1.29 is 4.42 Å². The van der Waals surface area contributed by atoms with Crippen LogP contribution in [0.4, 0.5) is 0 Å². The molecular weight excluding hydrogens is 699 g/mol. The van der Waals surface area contributed by atoms with Crippen LogP contribution < -0.4 is 0 Å². The molecule has 0 atom stereocenters. The zero-order valence-electron chi connectivity index (χ0n) is 30.5. The highest BCUT2D eigenvalue weighted by atomic mass is 16.3. The number of aromatic nitrogens is 5. The molecule has 0 aliphatic rings. The van der Waals surface area contributed by atoms with E-state index in [0.717, 1.165) is 82.8 Å². The Kier molecular flexibility index (Phi) is 6.83. The topological polar surface area (TPSA) is 61.7 Å². The summed E-state index contributed by atoms with van der Waals surface area (Å²) >= 11 is 0. The molecule has 0 aliphatic carbocycles. The fourth-order valence-corrected chi connectivity index (χ4v) is 8.61. The van der Waals surface area contributed by atoms with Crippen molar-refractivity contribution in [3.63, 3.8) is 0 Å². The maximum absolute atomic E-state index is 6.39. The molecule has 6 heteroatoms. The lowest BCUT2D eigenvalue weighted by Gasteiger charge is -2.17. The Bertz CT molecular complexity index is 3410. The first-order valence-corrected chi connectivity index (χ1v) is 19.1. The number of para-hydroxylation sites is 4. The zero-order valence-corrected chi connectivity index (χ0v) is 30.5. The molecule has 0 bridgehead atoms. The van der Waals surface area contributed by atoms with Crippen LogP contribution in [-0.4, -0.2) is 24.1 Å². The van der Waals surface area contributed by atoms with Crippen LogP contribution in [0.15, 0.2) is 192 Å². The molecule has 0 radical (unpaired) electrons. The van der Waals surface area contributed by atoms with Gasteiger partial charge in [0.25, 0.3) is 0 Å². The van der Waals surface area contributed by atoms with Gasteiger partial charge in [-0.25, -0.2) is 15.0 Å². The number of hydrogen-bond donors (Lipinski definition) is 0. The van der Waals surface area contributed by atoms with E-state index in [1.165, 1.54) is 10.8 Å². The summed E-state index contributed by atoms with van der Waals surface area (Å²) in [6.07, 6.45) is 0. The van der Waals surface area contributed by atoms with Crippen LogP contribution in [0.3, 0.4) is 0 Å². The van der Waals surface area contributed by atoms with Crippen LogP contribution in [0.25, 0.3) is 111 Å². The summed E-state index contributed by atoms with van der Waals surface area (Å²) in [5.41, 5.74) is 10.9. The first-order chi connectivity index (χ1) is 28.3. The molecule has 0 saturated heterocycles. The van der Waals surface area contributed by atoms with Crippen molar-refractivity contribution in [2.75, 3.05) is 0 Å². The molecular formula is C51H31N5O. The van der Waals surface area contributed by atoms with E-state index in [9.17, 15) is 0 Å². The van der Waals surface area contributed by atoms with Gasteiger partial charge in [0.1, 0.15) is 11.2 Å². The van der Waals surface area contributed by atoms with Crippen LogP contribution in [0.5, 0.6) is 0 Å². The Morgan fingerprint density at radius 2 is 0.842 bits per heavy atom. The van der Waals surface area contributed by atoms with Gasteiger partial charge in [-0.2, -0.15) is 0 Å². The van der Waals surface area contributed by atoms with Crippen LogP contribution in [0.1, 0.15) is 0 Å². The smallest absolute Gasteiger partial charge is 0.166 e. The molecule has 0 N–H and O–H groups in total. The third-order valence-electron chi connectivity index (χ3n) is 11.2. The minimum absolute atomic E-state index is 0.597. The SMILES string of the molecule is c1ccc(-c2nc(-c3ccccc3)nc(-c3ccc(-n4c5ccccc5c5cc6oc7ccccc7c6cc54)cc3-n3c4ccccc4c4ccccc43)n2)cc1. The lowest BCUT2D eigenvalue weighted by atomic mass is 10.1.